The van der Waals surface area contributed by atoms with Crippen LogP contribution in [0, 0.1) is 23.7 Å². The Morgan fingerprint density at radius 3 is 0.864 bits per heavy atom. The maximum atomic E-state index is 11.2. The molecule has 8 nitrogen and oxygen atoms in total. The van der Waals surface area contributed by atoms with E-state index in [9.17, 15) is 19.2 Å². The van der Waals surface area contributed by atoms with Gasteiger partial charge in [0, 0.05) is 0 Å². The van der Waals surface area contributed by atoms with Gasteiger partial charge in [0.05, 0.1) is 23.7 Å². The van der Waals surface area contributed by atoms with Crippen molar-refractivity contribution < 1.29 is 39.6 Å². The third-order valence-electron chi connectivity index (χ3n) is 4.61. The summed E-state index contributed by atoms with van der Waals surface area (Å²) in [5.74, 6) is -9.34. The molecule has 120 valence electrons. The van der Waals surface area contributed by atoms with Gasteiger partial charge in [0.25, 0.3) is 0 Å². The molecule has 0 aromatic rings. The Labute approximate surface area is 125 Å². The van der Waals surface area contributed by atoms with E-state index in [0.29, 0.717) is 11.1 Å². The van der Waals surface area contributed by atoms with Gasteiger partial charge in [-0.15, -0.1) is 0 Å². The standard InChI is InChI=1S/C14H16O8/c15-11(16)7-1-5-2-9(13(19)20)10(14(21)22)4-6(5)3-8(7)12(17)18/h7-10H,1-4H2,(H,15,16)(H,17,18)(H,19,20)(H,21,22)/t7-,8+,9+,10-. The fourth-order valence-corrected chi connectivity index (χ4v) is 3.41. The van der Waals surface area contributed by atoms with Crippen LogP contribution in [0.2, 0.25) is 0 Å². The van der Waals surface area contributed by atoms with Gasteiger partial charge in [0.15, 0.2) is 0 Å². The predicted molar refractivity (Wildman–Crippen MR) is 70.0 cm³/mol. The van der Waals surface area contributed by atoms with Crippen molar-refractivity contribution >= 4 is 23.9 Å². The Balaban J connectivity index is 2.35. The summed E-state index contributed by atoms with van der Waals surface area (Å²) in [6.07, 6.45) is -0.120. The number of allylic oxidation sites excluding steroid dienone is 2. The van der Waals surface area contributed by atoms with Crippen LogP contribution in [0.25, 0.3) is 0 Å². The summed E-state index contributed by atoms with van der Waals surface area (Å²) in [5, 5.41) is 36.7. The summed E-state index contributed by atoms with van der Waals surface area (Å²) in [5.41, 5.74) is 1.18. The molecule has 0 heterocycles. The fourth-order valence-electron chi connectivity index (χ4n) is 3.41. The molecule has 0 fully saturated rings. The summed E-state index contributed by atoms with van der Waals surface area (Å²) in [6.45, 7) is 0. The molecule has 4 atom stereocenters. The Bertz CT molecular complexity index is 477. The van der Waals surface area contributed by atoms with Crippen molar-refractivity contribution in [3.8, 4) is 0 Å². The molecule has 2 aliphatic carbocycles. The number of carboxylic acid groups (broad SMARTS) is 4. The van der Waals surface area contributed by atoms with E-state index in [1.165, 1.54) is 0 Å². The van der Waals surface area contributed by atoms with E-state index in [0.717, 1.165) is 0 Å². The maximum absolute atomic E-state index is 11.2. The Morgan fingerprint density at radius 1 is 0.545 bits per heavy atom. The second-order valence-electron chi connectivity index (χ2n) is 5.80. The fraction of sp³-hybridized carbons (Fsp3) is 0.571. The molecule has 2 rings (SSSR count). The van der Waals surface area contributed by atoms with Crippen molar-refractivity contribution in [2.75, 3.05) is 0 Å². The molecule has 0 bridgehead atoms. The molecule has 4 N–H and O–H groups in total. The minimum atomic E-state index is -1.23. The number of rotatable bonds is 4. The lowest BCUT2D eigenvalue weighted by molar-refractivity contribution is -0.156. The topological polar surface area (TPSA) is 149 Å². The zero-order valence-electron chi connectivity index (χ0n) is 11.6. The summed E-state index contributed by atoms with van der Waals surface area (Å²) >= 11 is 0. The predicted octanol–water partition coefficient (Wildman–Crippen LogP) is 0.674. The van der Waals surface area contributed by atoms with Crippen LogP contribution in [0.3, 0.4) is 0 Å². The highest BCUT2D eigenvalue weighted by atomic mass is 16.4. The molecule has 0 aromatic heterocycles. The van der Waals surface area contributed by atoms with Gasteiger partial charge >= 0.3 is 23.9 Å². The minimum absolute atomic E-state index is 0.0300. The third kappa shape index (κ3) is 2.81. The van der Waals surface area contributed by atoms with Crippen LogP contribution in [-0.2, 0) is 19.2 Å². The lowest BCUT2D eigenvalue weighted by atomic mass is 9.66. The molecule has 0 aromatic carbocycles. The highest BCUT2D eigenvalue weighted by Crippen LogP contribution is 2.45. The second kappa shape index (κ2) is 5.78. The highest BCUT2D eigenvalue weighted by Gasteiger charge is 2.45. The molecule has 22 heavy (non-hydrogen) atoms. The van der Waals surface area contributed by atoms with E-state index >= 15 is 0 Å². The van der Waals surface area contributed by atoms with Gasteiger partial charge in [-0.05, 0) is 25.7 Å². The van der Waals surface area contributed by atoms with Gasteiger partial charge in [-0.2, -0.15) is 0 Å². The number of carboxylic acids is 4. The number of carbonyl (C=O) groups is 4. The van der Waals surface area contributed by atoms with Gasteiger partial charge in [0.1, 0.15) is 0 Å². The lowest BCUT2D eigenvalue weighted by Crippen LogP contribution is -2.39. The molecule has 0 saturated carbocycles. The van der Waals surface area contributed by atoms with E-state index in [-0.39, 0.29) is 25.7 Å². The number of aliphatic carboxylic acids is 4. The van der Waals surface area contributed by atoms with Crippen LogP contribution < -0.4 is 0 Å². The molecule has 0 radical (unpaired) electrons. The Hall–Kier alpha value is -2.38. The van der Waals surface area contributed by atoms with E-state index in [4.69, 9.17) is 20.4 Å². The first kappa shape index (κ1) is 16.0. The number of hydrogen-bond acceptors (Lipinski definition) is 4. The Kier molecular flexibility index (Phi) is 4.20. The first-order valence-electron chi connectivity index (χ1n) is 6.83. The molecule has 0 amide bonds. The first-order chi connectivity index (χ1) is 10.2. The molecule has 0 spiro atoms. The van der Waals surface area contributed by atoms with Crippen LogP contribution in [-0.4, -0.2) is 44.3 Å². The first-order valence-corrected chi connectivity index (χ1v) is 6.83. The zero-order chi connectivity index (χ0) is 16.6. The second-order valence-corrected chi connectivity index (χ2v) is 5.80. The molecular weight excluding hydrogens is 296 g/mol. The molecule has 0 aliphatic heterocycles. The monoisotopic (exact) mass is 312 g/mol. The van der Waals surface area contributed by atoms with Gasteiger partial charge in [0.2, 0.25) is 0 Å². The Morgan fingerprint density at radius 2 is 0.727 bits per heavy atom. The van der Waals surface area contributed by atoms with Gasteiger partial charge < -0.3 is 20.4 Å². The van der Waals surface area contributed by atoms with Crippen LogP contribution in [0.15, 0.2) is 11.1 Å². The average Bonchev–Trinajstić information content (AvgIpc) is 2.43. The molecule has 8 heteroatoms. The molecule has 0 saturated heterocycles. The van der Waals surface area contributed by atoms with E-state index in [2.05, 4.69) is 0 Å². The largest absolute Gasteiger partial charge is 0.481 e. The smallest absolute Gasteiger partial charge is 0.307 e. The molecule has 2 aliphatic rings. The van der Waals surface area contributed by atoms with Crippen LogP contribution in [0.1, 0.15) is 25.7 Å². The SMILES string of the molecule is O=C(O)[C@H]1CC2=C(C[C@H](C(=O)O)[C@H](C(=O)O)C2)C[C@H]1C(=O)O. The zero-order valence-corrected chi connectivity index (χ0v) is 11.6. The minimum Gasteiger partial charge on any atom is -0.481 e. The lowest BCUT2D eigenvalue weighted by Gasteiger charge is -2.37. The summed E-state index contributed by atoms with van der Waals surface area (Å²) in [7, 11) is 0. The van der Waals surface area contributed by atoms with Crippen molar-refractivity contribution in [1.82, 2.24) is 0 Å². The summed E-state index contributed by atoms with van der Waals surface area (Å²) < 4.78 is 0. The van der Waals surface area contributed by atoms with E-state index in [1.807, 2.05) is 0 Å². The van der Waals surface area contributed by atoms with E-state index in [1.54, 1.807) is 0 Å². The van der Waals surface area contributed by atoms with Crippen molar-refractivity contribution in [1.29, 1.82) is 0 Å². The van der Waals surface area contributed by atoms with Gasteiger partial charge in [-0.3, -0.25) is 19.2 Å². The molecular formula is C14H16O8. The average molecular weight is 312 g/mol. The van der Waals surface area contributed by atoms with Crippen molar-refractivity contribution in [3.63, 3.8) is 0 Å². The van der Waals surface area contributed by atoms with Crippen molar-refractivity contribution in [2.24, 2.45) is 23.7 Å². The van der Waals surface area contributed by atoms with Crippen LogP contribution in [0.4, 0.5) is 0 Å². The third-order valence-corrected chi connectivity index (χ3v) is 4.61. The van der Waals surface area contributed by atoms with E-state index < -0.39 is 47.5 Å². The van der Waals surface area contributed by atoms with Gasteiger partial charge in [-0.1, -0.05) is 11.1 Å². The normalized spacial score (nSPS) is 31.3. The van der Waals surface area contributed by atoms with Gasteiger partial charge in [-0.25, -0.2) is 0 Å². The van der Waals surface area contributed by atoms with Crippen molar-refractivity contribution in [3.05, 3.63) is 11.1 Å². The summed E-state index contributed by atoms with van der Waals surface area (Å²) in [4.78, 5) is 44.9. The maximum Gasteiger partial charge on any atom is 0.307 e. The van der Waals surface area contributed by atoms with Crippen LogP contribution in [0.5, 0.6) is 0 Å². The summed E-state index contributed by atoms with van der Waals surface area (Å²) in [6, 6.07) is 0. The highest BCUT2D eigenvalue weighted by molar-refractivity contribution is 5.83. The van der Waals surface area contributed by atoms with Crippen LogP contribution >= 0.6 is 0 Å². The number of hydrogen-bond donors (Lipinski definition) is 4. The molecule has 0 unspecified atom stereocenters. The quantitative estimate of drug-likeness (QED) is 0.553. The van der Waals surface area contributed by atoms with Crippen molar-refractivity contribution in [2.45, 2.75) is 25.7 Å².